The molecule has 1 aliphatic rings. The van der Waals surface area contributed by atoms with E-state index in [1.165, 1.54) is 5.56 Å². The minimum absolute atomic E-state index is 0. The van der Waals surface area contributed by atoms with E-state index >= 15 is 0 Å². The normalized spacial score (nSPS) is 13.3. The van der Waals surface area contributed by atoms with Crippen molar-refractivity contribution in [2.24, 2.45) is 0 Å². The Hall–Kier alpha value is -2.22. The Balaban J connectivity index is 0.00000210. The van der Waals surface area contributed by atoms with Crippen LogP contribution in [0.3, 0.4) is 0 Å². The van der Waals surface area contributed by atoms with Crippen LogP contribution >= 0.6 is 23.7 Å². The molecular formula is C19H22ClN5OS. The zero-order valence-electron chi connectivity index (χ0n) is 14.9. The number of imidazole rings is 1. The summed E-state index contributed by atoms with van der Waals surface area (Å²) in [6, 6.07) is 10.3. The summed E-state index contributed by atoms with van der Waals surface area (Å²) in [6.07, 6.45) is 3.52. The Morgan fingerprint density at radius 3 is 2.93 bits per heavy atom. The molecule has 142 valence electrons. The predicted octanol–water partition coefficient (Wildman–Crippen LogP) is 2.43. The Morgan fingerprint density at radius 1 is 1.22 bits per heavy atom. The number of nitrogens with one attached hydrogen (secondary N) is 2. The van der Waals surface area contributed by atoms with E-state index in [-0.39, 0.29) is 18.3 Å². The van der Waals surface area contributed by atoms with Gasteiger partial charge in [-0.15, -0.1) is 23.7 Å². The lowest BCUT2D eigenvalue weighted by Gasteiger charge is -2.01. The Kier molecular flexibility index (Phi) is 6.60. The number of rotatable bonds is 5. The number of thiazole rings is 1. The molecule has 1 aliphatic heterocycles. The third-order valence-electron chi connectivity index (χ3n) is 4.37. The number of carbonyl (C=O) groups excluding carboxylic acids is 1. The lowest BCUT2D eigenvalue weighted by Crippen LogP contribution is -2.23. The summed E-state index contributed by atoms with van der Waals surface area (Å²) < 4.78 is 2.07. The summed E-state index contributed by atoms with van der Waals surface area (Å²) in [4.78, 5) is 21.5. The van der Waals surface area contributed by atoms with Crippen molar-refractivity contribution in [3.63, 3.8) is 0 Å². The van der Waals surface area contributed by atoms with Crippen LogP contribution in [-0.2, 0) is 25.9 Å². The minimum Gasteiger partial charge on any atom is -0.345 e. The summed E-state index contributed by atoms with van der Waals surface area (Å²) in [5.41, 5.74) is 2.62. The first-order chi connectivity index (χ1) is 12.8. The van der Waals surface area contributed by atoms with Gasteiger partial charge in [0.15, 0.2) is 0 Å². The van der Waals surface area contributed by atoms with E-state index in [4.69, 9.17) is 0 Å². The van der Waals surface area contributed by atoms with Crippen molar-refractivity contribution in [3.05, 3.63) is 69.7 Å². The number of carbonyl (C=O) groups is 1. The highest BCUT2D eigenvalue weighted by atomic mass is 35.5. The lowest BCUT2D eigenvalue weighted by atomic mass is 10.2. The average Bonchev–Trinajstić information content (AvgIpc) is 3.22. The maximum absolute atomic E-state index is 12.4. The molecule has 4 rings (SSSR count). The highest BCUT2D eigenvalue weighted by Crippen LogP contribution is 2.15. The number of halogens is 1. The van der Waals surface area contributed by atoms with Gasteiger partial charge in [0.25, 0.3) is 5.91 Å². The van der Waals surface area contributed by atoms with Crippen molar-refractivity contribution < 1.29 is 4.79 Å². The first kappa shape index (κ1) is 19.5. The number of fused-ring (bicyclic) bond motifs is 1. The fraction of sp³-hybridized carbons (Fsp3) is 0.316. The molecular weight excluding hydrogens is 382 g/mol. The molecule has 3 aromatic rings. The van der Waals surface area contributed by atoms with Gasteiger partial charge in [0.1, 0.15) is 11.5 Å². The zero-order chi connectivity index (χ0) is 17.8. The average molecular weight is 404 g/mol. The highest BCUT2D eigenvalue weighted by Gasteiger charge is 2.16. The molecule has 1 aromatic carbocycles. The molecule has 0 atom stereocenters. The Labute approximate surface area is 168 Å². The fourth-order valence-corrected chi connectivity index (χ4v) is 3.85. The molecule has 0 fully saturated rings. The summed E-state index contributed by atoms with van der Waals surface area (Å²) in [5.74, 6) is 0.829. The molecule has 3 heterocycles. The first-order valence-corrected chi connectivity index (χ1v) is 9.68. The van der Waals surface area contributed by atoms with Crippen LogP contribution in [0.25, 0.3) is 0 Å². The maximum Gasteiger partial charge on any atom is 0.271 e. The van der Waals surface area contributed by atoms with Gasteiger partial charge >= 0.3 is 0 Å². The summed E-state index contributed by atoms with van der Waals surface area (Å²) >= 11 is 1.63. The Bertz CT molecular complexity index is 869. The molecule has 0 radical (unpaired) electrons. The molecule has 2 aromatic heterocycles. The molecule has 0 unspecified atom stereocenters. The number of nitrogens with zero attached hydrogens (tertiary/aromatic N) is 3. The number of hydrogen-bond donors (Lipinski definition) is 2. The van der Waals surface area contributed by atoms with E-state index in [1.807, 2.05) is 29.8 Å². The summed E-state index contributed by atoms with van der Waals surface area (Å²) in [5, 5.41) is 9.32. The second-order valence-electron chi connectivity index (χ2n) is 6.31. The molecule has 6 nitrogen and oxygen atoms in total. The van der Waals surface area contributed by atoms with Crippen LogP contribution in [0, 0.1) is 0 Å². The van der Waals surface area contributed by atoms with Crippen LogP contribution < -0.4 is 10.6 Å². The van der Waals surface area contributed by atoms with E-state index < -0.39 is 0 Å². The van der Waals surface area contributed by atoms with E-state index in [9.17, 15) is 4.79 Å². The van der Waals surface area contributed by atoms with Crippen LogP contribution in [0.15, 0.2) is 41.9 Å². The van der Waals surface area contributed by atoms with Gasteiger partial charge in [0, 0.05) is 44.1 Å². The molecule has 8 heteroatoms. The van der Waals surface area contributed by atoms with Crippen molar-refractivity contribution in [1.82, 2.24) is 25.2 Å². The predicted molar refractivity (Wildman–Crippen MR) is 109 cm³/mol. The second-order valence-corrected chi connectivity index (χ2v) is 7.26. The molecule has 0 saturated carbocycles. The van der Waals surface area contributed by atoms with Gasteiger partial charge in [-0.1, -0.05) is 30.3 Å². The lowest BCUT2D eigenvalue weighted by molar-refractivity contribution is 0.0945. The molecule has 2 N–H and O–H groups in total. The third-order valence-corrected chi connectivity index (χ3v) is 5.27. The molecule has 0 saturated heterocycles. The standard InChI is InChI=1S/C19H21N5OS.ClH/c25-19(16-12-24-9-8-20-7-6-17(24)23-16)21-11-15-13-26-18(22-15)10-14-4-2-1-3-5-14;/h1-5,12-13,20H,6-11H2,(H,21,25);1H. The van der Waals surface area contributed by atoms with Crippen molar-refractivity contribution in [3.8, 4) is 0 Å². The van der Waals surface area contributed by atoms with Crippen molar-refractivity contribution >= 4 is 29.7 Å². The molecule has 1 amide bonds. The fourth-order valence-electron chi connectivity index (χ4n) is 3.02. The summed E-state index contributed by atoms with van der Waals surface area (Å²) in [6.45, 7) is 3.09. The van der Waals surface area contributed by atoms with Gasteiger partial charge < -0.3 is 15.2 Å². The van der Waals surface area contributed by atoms with Crippen LogP contribution in [0.5, 0.6) is 0 Å². The van der Waals surface area contributed by atoms with Crippen LogP contribution in [-0.4, -0.2) is 33.5 Å². The number of hydrogen-bond acceptors (Lipinski definition) is 5. The van der Waals surface area contributed by atoms with Crippen LogP contribution in [0.2, 0.25) is 0 Å². The Morgan fingerprint density at radius 2 is 2.07 bits per heavy atom. The van der Waals surface area contributed by atoms with Gasteiger partial charge in [-0.2, -0.15) is 0 Å². The van der Waals surface area contributed by atoms with E-state index in [0.717, 1.165) is 49.0 Å². The number of aromatic nitrogens is 3. The van der Waals surface area contributed by atoms with Gasteiger partial charge in [-0.25, -0.2) is 9.97 Å². The maximum atomic E-state index is 12.4. The number of amides is 1. The third kappa shape index (κ3) is 4.94. The quantitative estimate of drug-likeness (QED) is 0.686. The zero-order valence-corrected chi connectivity index (χ0v) is 16.5. The van der Waals surface area contributed by atoms with Crippen LogP contribution in [0.4, 0.5) is 0 Å². The van der Waals surface area contributed by atoms with Gasteiger partial charge in [0.05, 0.1) is 17.2 Å². The van der Waals surface area contributed by atoms with Gasteiger partial charge in [-0.05, 0) is 5.56 Å². The topological polar surface area (TPSA) is 71.8 Å². The van der Waals surface area contributed by atoms with E-state index in [0.29, 0.717) is 12.2 Å². The van der Waals surface area contributed by atoms with Gasteiger partial charge in [-0.3, -0.25) is 4.79 Å². The van der Waals surface area contributed by atoms with Gasteiger partial charge in [0.2, 0.25) is 0 Å². The molecule has 0 bridgehead atoms. The first-order valence-electron chi connectivity index (χ1n) is 8.80. The number of benzene rings is 1. The highest BCUT2D eigenvalue weighted by molar-refractivity contribution is 7.09. The van der Waals surface area contributed by atoms with E-state index in [1.54, 1.807) is 11.3 Å². The molecule has 27 heavy (non-hydrogen) atoms. The van der Waals surface area contributed by atoms with Crippen LogP contribution in [0.1, 0.15) is 32.6 Å². The molecule has 0 aliphatic carbocycles. The smallest absolute Gasteiger partial charge is 0.271 e. The largest absolute Gasteiger partial charge is 0.345 e. The van der Waals surface area contributed by atoms with Crippen molar-refractivity contribution in [2.45, 2.75) is 25.9 Å². The van der Waals surface area contributed by atoms with E-state index in [2.05, 4.69) is 37.3 Å². The van der Waals surface area contributed by atoms with Crippen molar-refractivity contribution in [1.29, 1.82) is 0 Å². The second kappa shape index (κ2) is 9.12. The molecule has 0 spiro atoms. The monoisotopic (exact) mass is 403 g/mol. The van der Waals surface area contributed by atoms with Crippen molar-refractivity contribution in [2.75, 3.05) is 13.1 Å². The SMILES string of the molecule is Cl.O=C(NCc1csc(Cc2ccccc2)n1)c1cn2c(n1)CCNCC2. The summed E-state index contributed by atoms with van der Waals surface area (Å²) in [7, 11) is 0. The minimum atomic E-state index is -0.142.